The Morgan fingerprint density at radius 3 is 2.23 bits per heavy atom. The molecule has 0 aliphatic rings. The molecule has 0 unspecified atom stereocenters. The van der Waals surface area contributed by atoms with E-state index in [1.807, 2.05) is 42.5 Å². The topological polar surface area (TPSA) is 90.3 Å². The second kappa shape index (κ2) is 7.03. The Labute approximate surface area is 150 Å². The van der Waals surface area contributed by atoms with Crippen LogP contribution >= 0.6 is 0 Å². The lowest BCUT2D eigenvalue weighted by molar-refractivity contribution is 0.848. The summed E-state index contributed by atoms with van der Waals surface area (Å²) in [6, 6.07) is 22.6. The third-order valence-corrected chi connectivity index (χ3v) is 4.26. The zero-order valence-corrected chi connectivity index (χ0v) is 13.9. The van der Waals surface area contributed by atoms with Crippen LogP contribution in [0.3, 0.4) is 0 Å². The van der Waals surface area contributed by atoms with Gasteiger partial charge in [0, 0.05) is 12.5 Å². The first-order valence-electron chi connectivity index (χ1n) is 8.30. The molecule has 6 nitrogen and oxygen atoms in total. The van der Waals surface area contributed by atoms with Crippen molar-refractivity contribution in [3.63, 3.8) is 0 Å². The summed E-state index contributed by atoms with van der Waals surface area (Å²) in [5.41, 5.74) is 3.59. The summed E-state index contributed by atoms with van der Waals surface area (Å²) in [7, 11) is 0. The molecular formula is C20H16N6. The molecule has 126 valence electrons. The monoisotopic (exact) mass is 340 g/mol. The van der Waals surface area contributed by atoms with Crippen LogP contribution in [-0.2, 0) is 0 Å². The predicted molar refractivity (Wildman–Crippen MR) is 99.6 cm³/mol. The van der Waals surface area contributed by atoms with Crippen LogP contribution in [-0.4, -0.2) is 26.5 Å². The second-order valence-electron chi connectivity index (χ2n) is 5.86. The summed E-state index contributed by atoms with van der Waals surface area (Å²) in [5.74, 6) is 0.816. The van der Waals surface area contributed by atoms with E-state index in [1.165, 1.54) is 11.1 Å². The van der Waals surface area contributed by atoms with E-state index in [0.717, 1.165) is 0 Å². The molecule has 4 rings (SSSR count). The van der Waals surface area contributed by atoms with Gasteiger partial charge in [0.15, 0.2) is 11.5 Å². The fourth-order valence-electron chi connectivity index (χ4n) is 3.01. The van der Waals surface area contributed by atoms with Gasteiger partial charge >= 0.3 is 0 Å². The lowest BCUT2D eigenvalue weighted by atomic mass is 9.91. The number of anilines is 1. The highest BCUT2D eigenvalue weighted by atomic mass is 15.1. The van der Waals surface area contributed by atoms with Crippen molar-refractivity contribution in [3.8, 4) is 6.07 Å². The van der Waals surface area contributed by atoms with E-state index in [0.29, 0.717) is 23.5 Å². The fourth-order valence-corrected chi connectivity index (χ4v) is 3.01. The minimum absolute atomic E-state index is 0.111. The minimum atomic E-state index is 0.111. The summed E-state index contributed by atoms with van der Waals surface area (Å²) in [5, 5.41) is 12.5. The van der Waals surface area contributed by atoms with Crippen molar-refractivity contribution in [2.45, 2.75) is 5.92 Å². The fraction of sp³-hybridized carbons (Fsp3) is 0.100. The number of H-pyrrole nitrogens is 1. The lowest BCUT2D eigenvalue weighted by Crippen LogP contribution is -2.15. The first kappa shape index (κ1) is 15.8. The maximum absolute atomic E-state index is 9.16. The van der Waals surface area contributed by atoms with Crippen LogP contribution in [0.1, 0.15) is 22.9 Å². The Balaban J connectivity index is 1.68. The quantitative estimate of drug-likeness (QED) is 0.580. The molecule has 0 spiro atoms. The summed E-state index contributed by atoms with van der Waals surface area (Å²) in [6.45, 7) is 0.623. The predicted octanol–water partition coefficient (Wildman–Crippen LogP) is 3.47. The molecule has 0 saturated carbocycles. The highest BCUT2D eigenvalue weighted by molar-refractivity contribution is 5.82. The number of imidazole rings is 1. The Kier molecular flexibility index (Phi) is 4.27. The second-order valence-corrected chi connectivity index (χ2v) is 5.86. The van der Waals surface area contributed by atoms with Crippen LogP contribution in [0.15, 0.2) is 67.0 Å². The van der Waals surface area contributed by atoms with Crippen LogP contribution in [0.25, 0.3) is 11.2 Å². The number of aromatic amines is 1. The van der Waals surface area contributed by atoms with Crippen molar-refractivity contribution < 1.29 is 0 Å². The first-order chi connectivity index (χ1) is 12.8. The Bertz CT molecular complexity index is 1010. The van der Waals surface area contributed by atoms with Crippen molar-refractivity contribution in [1.82, 2.24) is 19.9 Å². The molecule has 4 aromatic rings. The number of nitrogens with one attached hydrogen (secondary N) is 2. The molecule has 0 amide bonds. The van der Waals surface area contributed by atoms with Crippen molar-refractivity contribution in [2.24, 2.45) is 0 Å². The van der Waals surface area contributed by atoms with E-state index in [1.54, 1.807) is 6.33 Å². The van der Waals surface area contributed by atoms with Crippen LogP contribution in [0.4, 0.5) is 5.82 Å². The number of nitriles is 1. The van der Waals surface area contributed by atoms with Gasteiger partial charge in [0.25, 0.3) is 0 Å². The van der Waals surface area contributed by atoms with Crippen molar-refractivity contribution in [3.05, 3.63) is 83.9 Å². The van der Waals surface area contributed by atoms with Gasteiger partial charge in [-0.1, -0.05) is 60.7 Å². The van der Waals surface area contributed by atoms with Crippen LogP contribution in [0, 0.1) is 11.3 Å². The average molecular weight is 340 g/mol. The van der Waals surface area contributed by atoms with Gasteiger partial charge in [-0.3, -0.25) is 0 Å². The molecular weight excluding hydrogens is 324 g/mol. The molecule has 26 heavy (non-hydrogen) atoms. The number of hydrogen-bond donors (Lipinski definition) is 2. The van der Waals surface area contributed by atoms with E-state index >= 15 is 0 Å². The molecule has 6 heteroatoms. The third-order valence-electron chi connectivity index (χ3n) is 4.26. The van der Waals surface area contributed by atoms with Crippen LogP contribution in [0.5, 0.6) is 0 Å². The normalized spacial score (nSPS) is 10.8. The Hall–Kier alpha value is -3.72. The van der Waals surface area contributed by atoms with E-state index in [2.05, 4.69) is 49.5 Å². The SMILES string of the molecule is N#Cc1nc(NCC(c2ccccc2)c2ccccc2)c2nc[nH]c2n1. The largest absolute Gasteiger partial charge is 0.367 e. The highest BCUT2D eigenvalue weighted by Gasteiger charge is 2.16. The molecule has 2 aromatic heterocycles. The average Bonchev–Trinajstić information content (AvgIpc) is 3.18. The van der Waals surface area contributed by atoms with Gasteiger partial charge in [-0.05, 0) is 11.1 Å². The summed E-state index contributed by atoms with van der Waals surface area (Å²) < 4.78 is 0. The minimum Gasteiger partial charge on any atom is -0.367 e. The number of aromatic nitrogens is 4. The summed E-state index contributed by atoms with van der Waals surface area (Å²) >= 11 is 0. The molecule has 2 aromatic carbocycles. The number of hydrogen-bond acceptors (Lipinski definition) is 5. The first-order valence-corrected chi connectivity index (χ1v) is 8.30. The molecule has 0 aliphatic heterocycles. The summed E-state index contributed by atoms with van der Waals surface area (Å²) in [4.78, 5) is 15.6. The molecule has 0 atom stereocenters. The van der Waals surface area contributed by atoms with E-state index in [4.69, 9.17) is 5.26 Å². The van der Waals surface area contributed by atoms with Gasteiger partial charge < -0.3 is 10.3 Å². The van der Waals surface area contributed by atoms with E-state index in [-0.39, 0.29) is 11.7 Å². The standard InChI is InChI=1S/C20H16N6/c21-11-17-25-19(18-20(26-17)24-13-23-18)22-12-16(14-7-3-1-4-8-14)15-9-5-2-6-10-15/h1-10,13,16H,12H2,(H2,22,23,24,25,26). The maximum Gasteiger partial charge on any atom is 0.236 e. The summed E-state index contributed by atoms with van der Waals surface area (Å²) in [6.07, 6.45) is 1.55. The van der Waals surface area contributed by atoms with Gasteiger partial charge in [0.05, 0.1) is 6.33 Å². The number of rotatable bonds is 5. The van der Waals surface area contributed by atoms with Crippen molar-refractivity contribution in [1.29, 1.82) is 5.26 Å². The third kappa shape index (κ3) is 3.10. The number of benzene rings is 2. The molecule has 0 aliphatic carbocycles. The molecule has 2 N–H and O–H groups in total. The van der Waals surface area contributed by atoms with E-state index < -0.39 is 0 Å². The number of nitrogens with zero attached hydrogens (tertiary/aromatic N) is 4. The maximum atomic E-state index is 9.16. The molecule has 2 heterocycles. The highest BCUT2D eigenvalue weighted by Crippen LogP contribution is 2.26. The van der Waals surface area contributed by atoms with Crippen molar-refractivity contribution in [2.75, 3.05) is 11.9 Å². The van der Waals surface area contributed by atoms with Crippen LogP contribution < -0.4 is 5.32 Å². The zero-order valence-electron chi connectivity index (χ0n) is 13.9. The Morgan fingerprint density at radius 1 is 0.962 bits per heavy atom. The molecule has 0 radical (unpaired) electrons. The smallest absolute Gasteiger partial charge is 0.236 e. The lowest BCUT2D eigenvalue weighted by Gasteiger charge is -2.19. The zero-order chi connectivity index (χ0) is 17.8. The van der Waals surface area contributed by atoms with Gasteiger partial charge in [-0.2, -0.15) is 15.2 Å². The molecule has 0 saturated heterocycles. The van der Waals surface area contributed by atoms with Crippen molar-refractivity contribution >= 4 is 17.0 Å². The molecule has 0 fully saturated rings. The van der Waals surface area contributed by atoms with Gasteiger partial charge in [-0.25, -0.2) is 4.98 Å². The van der Waals surface area contributed by atoms with Crippen LogP contribution in [0.2, 0.25) is 0 Å². The van der Waals surface area contributed by atoms with Gasteiger partial charge in [0.1, 0.15) is 11.6 Å². The number of fused-ring (bicyclic) bond motifs is 1. The molecule has 0 bridgehead atoms. The van der Waals surface area contributed by atoms with Gasteiger partial charge in [-0.15, -0.1) is 0 Å². The Morgan fingerprint density at radius 2 is 1.62 bits per heavy atom. The van der Waals surface area contributed by atoms with E-state index in [9.17, 15) is 0 Å². The van der Waals surface area contributed by atoms with Gasteiger partial charge in [0.2, 0.25) is 5.82 Å².